The fourth-order valence-electron chi connectivity index (χ4n) is 3.93. The van der Waals surface area contributed by atoms with Crippen LogP contribution in [0.15, 0.2) is 0 Å². The highest BCUT2D eigenvalue weighted by Gasteiger charge is 2.35. The van der Waals surface area contributed by atoms with Crippen LogP contribution in [0.5, 0.6) is 0 Å². The largest absolute Gasteiger partial charge is 0.481 e. The second-order valence-corrected chi connectivity index (χ2v) is 7.40. The summed E-state index contributed by atoms with van der Waals surface area (Å²) in [7, 11) is 0. The van der Waals surface area contributed by atoms with Crippen molar-refractivity contribution in [2.75, 3.05) is 6.54 Å². The van der Waals surface area contributed by atoms with E-state index in [9.17, 15) is 4.79 Å². The number of piperidine rings is 1. The molecule has 1 heterocycles. The van der Waals surface area contributed by atoms with Gasteiger partial charge in [-0.15, -0.1) is 0 Å². The molecule has 1 saturated carbocycles. The van der Waals surface area contributed by atoms with Crippen molar-refractivity contribution in [1.82, 2.24) is 4.90 Å². The number of rotatable bonds is 2. The van der Waals surface area contributed by atoms with E-state index in [4.69, 9.17) is 5.11 Å². The minimum absolute atomic E-state index is 0.117. The summed E-state index contributed by atoms with van der Waals surface area (Å²) in [6.07, 6.45) is 8.21. The molecule has 0 aromatic rings. The van der Waals surface area contributed by atoms with E-state index in [-0.39, 0.29) is 5.92 Å². The summed E-state index contributed by atoms with van der Waals surface area (Å²) < 4.78 is 0. The Morgan fingerprint density at radius 3 is 2.58 bits per heavy atom. The molecule has 3 unspecified atom stereocenters. The molecule has 0 amide bonds. The van der Waals surface area contributed by atoms with Crippen molar-refractivity contribution in [2.45, 2.75) is 77.8 Å². The molecule has 2 rings (SSSR count). The predicted molar refractivity (Wildman–Crippen MR) is 77.2 cm³/mol. The fraction of sp³-hybridized carbons (Fsp3) is 0.938. The molecular weight excluding hydrogens is 238 g/mol. The van der Waals surface area contributed by atoms with Gasteiger partial charge in [-0.2, -0.15) is 0 Å². The van der Waals surface area contributed by atoms with Crippen LogP contribution in [-0.4, -0.2) is 34.6 Å². The molecule has 2 fully saturated rings. The first kappa shape index (κ1) is 14.8. The minimum Gasteiger partial charge on any atom is -0.481 e. The minimum atomic E-state index is -0.603. The lowest BCUT2D eigenvalue weighted by molar-refractivity contribution is -0.144. The van der Waals surface area contributed by atoms with Gasteiger partial charge in [0, 0.05) is 12.1 Å². The lowest BCUT2D eigenvalue weighted by atomic mass is 9.85. The molecule has 19 heavy (non-hydrogen) atoms. The van der Waals surface area contributed by atoms with E-state index >= 15 is 0 Å². The molecule has 1 aliphatic heterocycles. The normalized spacial score (nSPS) is 36.7. The topological polar surface area (TPSA) is 40.5 Å². The number of carbonyl (C=O) groups is 1. The van der Waals surface area contributed by atoms with E-state index in [1.165, 1.54) is 32.1 Å². The first-order chi connectivity index (χ1) is 8.89. The van der Waals surface area contributed by atoms with Gasteiger partial charge in [-0.3, -0.25) is 9.69 Å². The monoisotopic (exact) mass is 267 g/mol. The number of nitrogens with zero attached hydrogens (tertiary/aromatic N) is 1. The maximum atomic E-state index is 11.1. The van der Waals surface area contributed by atoms with Gasteiger partial charge < -0.3 is 5.11 Å². The van der Waals surface area contributed by atoms with Crippen molar-refractivity contribution in [2.24, 2.45) is 11.3 Å². The third-order valence-corrected chi connectivity index (χ3v) is 5.29. The van der Waals surface area contributed by atoms with Gasteiger partial charge in [0.05, 0.1) is 5.92 Å². The summed E-state index contributed by atoms with van der Waals surface area (Å²) in [6, 6.07) is 1.12. The third-order valence-electron chi connectivity index (χ3n) is 5.29. The number of hydrogen-bond acceptors (Lipinski definition) is 2. The van der Waals surface area contributed by atoms with Gasteiger partial charge in [0.25, 0.3) is 0 Å². The molecule has 110 valence electrons. The molecule has 0 aromatic heterocycles. The van der Waals surface area contributed by atoms with E-state index in [0.717, 1.165) is 19.4 Å². The van der Waals surface area contributed by atoms with Crippen molar-refractivity contribution in [3.05, 3.63) is 0 Å². The zero-order valence-corrected chi connectivity index (χ0v) is 12.7. The molecule has 3 heteroatoms. The molecule has 2 aliphatic rings. The first-order valence-electron chi connectivity index (χ1n) is 7.87. The van der Waals surface area contributed by atoms with Crippen molar-refractivity contribution in [3.63, 3.8) is 0 Å². The van der Waals surface area contributed by atoms with Gasteiger partial charge in [0.2, 0.25) is 0 Å². The van der Waals surface area contributed by atoms with Crippen molar-refractivity contribution in [3.8, 4) is 0 Å². The zero-order valence-electron chi connectivity index (χ0n) is 12.7. The smallest absolute Gasteiger partial charge is 0.306 e. The van der Waals surface area contributed by atoms with E-state index in [0.29, 0.717) is 17.5 Å². The summed E-state index contributed by atoms with van der Waals surface area (Å²) in [5.41, 5.74) is 0.497. The Bertz CT molecular complexity index is 327. The van der Waals surface area contributed by atoms with Crippen LogP contribution >= 0.6 is 0 Å². The number of aliphatic carboxylic acids is 1. The van der Waals surface area contributed by atoms with Crippen LogP contribution in [0, 0.1) is 11.3 Å². The molecule has 3 atom stereocenters. The van der Waals surface area contributed by atoms with E-state index < -0.39 is 5.97 Å². The maximum Gasteiger partial charge on any atom is 0.306 e. The average molecular weight is 267 g/mol. The molecular formula is C16H29NO2. The third kappa shape index (κ3) is 3.71. The van der Waals surface area contributed by atoms with Crippen LogP contribution in [0.25, 0.3) is 0 Å². The summed E-state index contributed by atoms with van der Waals surface area (Å²) in [5.74, 6) is -0.720. The molecule has 0 spiro atoms. The maximum absolute atomic E-state index is 11.1. The molecule has 1 aliphatic carbocycles. The van der Waals surface area contributed by atoms with Gasteiger partial charge in [-0.1, -0.05) is 20.3 Å². The highest BCUT2D eigenvalue weighted by molar-refractivity contribution is 5.70. The molecule has 0 bridgehead atoms. The summed E-state index contributed by atoms with van der Waals surface area (Å²) in [5, 5.41) is 9.15. The van der Waals surface area contributed by atoms with Crippen LogP contribution < -0.4 is 0 Å². The fourth-order valence-corrected chi connectivity index (χ4v) is 3.93. The predicted octanol–water partition coefficient (Wildman–Crippen LogP) is 3.53. The van der Waals surface area contributed by atoms with Gasteiger partial charge >= 0.3 is 5.97 Å². The Morgan fingerprint density at radius 1 is 1.21 bits per heavy atom. The van der Waals surface area contributed by atoms with E-state index in [1.807, 2.05) is 0 Å². The van der Waals surface area contributed by atoms with Crippen LogP contribution in [-0.2, 0) is 4.79 Å². The molecule has 3 nitrogen and oxygen atoms in total. The number of hydrogen-bond donors (Lipinski definition) is 1. The lowest BCUT2D eigenvalue weighted by Crippen LogP contribution is -2.48. The van der Waals surface area contributed by atoms with Crippen LogP contribution in [0.2, 0.25) is 0 Å². The van der Waals surface area contributed by atoms with Crippen LogP contribution in [0.4, 0.5) is 0 Å². The Hall–Kier alpha value is -0.570. The Balaban J connectivity index is 1.93. The van der Waals surface area contributed by atoms with Gasteiger partial charge in [-0.25, -0.2) is 0 Å². The van der Waals surface area contributed by atoms with Crippen LogP contribution in [0.3, 0.4) is 0 Å². The van der Waals surface area contributed by atoms with Gasteiger partial charge in [0.1, 0.15) is 0 Å². The van der Waals surface area contributed by atoms with Gasteiger partial charge in [0.15, 0.2) is 0 Å². The average Bonchev–Trinajstić information content (AvgIpc) is 2.50. The highest BCUT2D eigenvalue weighted by atomic mass is 16.4. The highest BCUT2D eigenvalue weighted by Crippen LogP contribution is 2.37. The quantitative estimate of drug-likeness (QED) is 0.778. The second-order valence-electron chi connectivity index (χ2n) is 7.40. The zero-order chi connectivity index (χ0) is 14.0. The van der Waals surface area contributed by atoms with Crippen molar-refractivity contribution >= 4 is 5.97 Å². The first-order valence-corrected chi connectivity index (χ1v) is 7.87. The second kappa shape index (κ2) is 5.82. The molecule has 0 radical (unpaired) electrons. The van der Waals surface area contributed by atoms with Crippen LogP contribution in [0.1, 0.15) is 65.7 Å². The van der Waals surface area contributed by atoms with E-state index in [1.54, 1.807) is 0 Å². The number of likely N-dealkylation sites (tertiary alicyclic amines) is 1. The Labute approximate surface area is 117 Å². The summed E-state index contributed by atoms with van der Waals surface area (Å²) in [6.45, 7) is 7.96. The van der Waals surface area contributed by atoms with Crippen molar-refractivity contribution < 1.29 is 9.90 Å². The molecule has 0 aromatic carbocycles. The lowest BCUT2D eigenvalue weighted by Gasteiger charge is -2.41. The summed E-state index contributed by atoms with van der Waals surface area (Å²) in [4.78, 5) is 13.7. The number of carboxylic acids is 1. The summed E-state index contributed by atoms with van der Waals surface area (Å²) >= 11 is 0. The Kier molecular flexibility index (Phi) is 4.54. The molecule has 1 N–H and O–H groups in total. The standard InChI is InChI=1S/C16H29NO2/c1-12-11-13(15(18)19)7-10-17(12)14-5-4-8-16(2,3)9-6-14/h12-14H,4-11H2,1-3H3,(H,18,19). The van der Waals surface area contributed by atoms with E-state index in [2.05, 4.69) is 25.7 Å². The van der Waals surface area contributed by atoms with Gasteiger partial charge in [-0.05, 0) is 57.4 Å². The molecule has 1 saturated heterocycles. The Morgan fingerprint density at radius 2 is 1.95 bits per heavy atom. The SMILES string of the molecule is CC1CC(C(=O)O)CCN1C1CCCC(C)(C)CC1. The van der Waals surface area contributed by atoms with Crippen molar-refractivity contribution in [1.29, 1.82) is 0 Å². The number of carboxylic acid groups (broad SMARTS) is 1.